The van der Waals surface area contributed by atoms with Gasteiger partial charge in [0.1, 0.15) is 11.6 Å². The van der Waals surface area contributed by atoms with Crippen LogP contribution >= 0.6 is 11.6 Å². The quantitative estimate of drug-likeness (QED) is 0.871. The van der Waals surface area contributed by atoms with Crippen LogP contribution in [0.3, 0.4) is 0 Å². The van der Waals surface area contributed by atoms with Crippen LogP contribution < -0.4 is 10.4 Å². The van der Waals surface area contributed by atoms with Crippen molar-refractivity contribution in [1.29, 1.82) is 0 Å². The van der Waals surface area contributed by atoms with Crippen molar-refractivity contribution in [2.75, 3.05) is 7.11 Å². The maximum Gasteiger partial charge on any atom is 0.346 e. The van der Waals surface area contributed by atoms with E-state index >= 15 is 0 Å². The summed E-state index contributed by atoms with van der Waals surface area (Å²) in [6, 6.07) is 5.55. The van der Waals surface area contributed by atoms with Gasteiger partial charge in [-0.3, -0.25) is 4.57 Å². The molecule has 0 fully saturated rings. The predicted octanol–water partition coefficient (Wildman–Crippen LogP) is 2.64. The van der Waals surface area contributed by atoms with Crippen molar-refractivity contribution in [1.82, 2.24) is 14.3 Å². The first kappa shape index (κ1) is 14.7. The standard InChI is InChI=1S/C14H18ClN3O2/c1-9(2)18-14(19)17(10(3)16-18)8-11-6-5-7-12(20-4)13(11)15/h5-7,9H,8H2,1-4H3. The Kier molecular flexibility index (Phi) is 4.18. The molecule has 5 nitrogen and oxygen atoms in total. The Morgan fingerprint density at radius 3 is 2.65 bits per heavy atom. The largest absolute Gasteiger partial charge is 0.495 e. The minimum absolute atomic E-state index is 0.0308. The van der Waals surface area contributed by atoms with Crippen LogP contribution in [0.4, 0.5) is 0 Å². The highest BCUT2D eigenvalue weighted by Crippen LogP contribution is 2.28. The summed E-state index contributed by atoms with van der Waals surface area (Å²) in [6.07, 6.45) is 0. The van der Waals surface area contributed by atoms with Gasteiger partial charge in [0.2, 0.25) is 0 Å². The Hall–Kier alpha value is -1.75. The summed E-state index contributed by atoms with van der Waals surface area (Å²) in [5.74, 6) is 1.27. The Balaban J connectivity index is 2.43. The number of aryl methyl sites for hydroxylation is 1. The van der Waals surface area contributed by atoms with Crippen molar-refractivity contribution < 1.29 is 4.74 Å². The molecule has 0 saturated carbocycles. The summed E-state index contributed by atoms with van der Waals surface area (Å²) in [6.45, 7) is 6.05. The predicted molar refractivity (Wildman–Crippen MR) is 78.7 cm³/mol. The van der Waals surface area contributed by atoms with Gasteiger partial charge in [0.25, 0.3) is 0 Å². The molecule has 0 aliphatic heterocycles. The molecular formula is C14H18ClN3O2. The van der Waals surface area contributed by atoms with Crippen LogP contribution in [0, 0.1) is 6.92 Å². The molecule has 0 amide bonds. The number of hydrogen-bond acceptors (Lipinski definition) is 3. The zero-order valence-corrected chi connectivity index (χ0v) is 12.8. The van der Waals surface area contributed by atoms with Gasteiger partial charge in [-0.2, -0.15) is 5.10 Å². The molecule has 2 aromatic rings. The maximum absolute atomic E-state index is 12.3. The first-order valence-electron chi connectivity index (χ1n) is 6.43. The summed E-state index contributed by atoms with van der Waals surface area (Å²) >= 11 is 6.27. The molecular weight excluding hydrogens is 278 g/mol. The van der Waals surface area contributed by atoms with E-state index in [4.69, 9.17) is 16.3 Å². The van der Waals surface area contributed by atoms with Crippen LogP contribution in [-0.2, 0) is 6.54 Å². The van der Waals surface area contributed by atoms with Gasteiger partial charge < -0.3 is 4.74 Å². The van der Waals surface area contributed by atoms with E-state index in [0.717, 1.165) is 5.56 Å². The maximum atomic E-state index is 12.3. The Bertz CT molecular complexity index is 674. The molecule has 1 heterocycles. The van der Waals surface area contributed by atoms with E-state index in [0.29, 0.717) is 23.1 Å². The second-order valence-electron chi connectivity index (χ2n) is 4.89. The molecule has 1 aromatic carbocycles. The average Bonchev–Trinajstić information content (AvgIpc) is 2.69. The van der Waals surface area contributed by atoms with Crippen molar-refractivity contribution in [3.8, 4) is 5.75 Å². The van der Waals surface area contributed by atoms with Gasteiger partial charge in [-0.25, -0.2) is 9.48 Å². The van der Waals surface area contributed by atoms with Crippen LogP contribution in [0.15, 0.2) is 23.0 Å². The summed E-state index contributed by atoms with van der Waals surface area (Å²) in [4.78, 5) is 12.3. The molecule has 0 radical (unpaired) electrons. The van der Waals surface area contributed by atoms with Crippen molar-refractivity contribution in [3.63, 3.8) is 0 Å². The number of halogens is 1. The first-order chi connectivity index (χ1) is 9.45. The first-order valence-corrected chi connectivity index (χ1v) is 6.80. The van der Waals surface area contributed by atoms with E-state index in [2.05, 4.69) is 5.10 Å². The van der Waals surface area contributed by atoms with Crippen LogP contribution in [0.1, 0.15) is 31.3 Å². The lowest BCUT2D eigenvalue weighted by Gasteiger charge is -2.09. The second kappa shape index (κ2) is 5.71. The molecule has 0 bridgehead atoms. The fraction of sp³-hybridized carbons (Fsp3) is 0.429. The van der Waals surface area contributed by atoms with E-state index in [1.54, 1.807) is 17.7 Å². The third-order valence-corrected chi connectivity index (χ3v) is 3.58. The Morgan fingerprint density at radius 1 is 1.40 bits per heavy atom. The normalized spacial score (nSPS) is 11.1. The number of nitrogens with zero attached hydrogens (tertiary/aromatic N) is 3. The minimum atomic E-state index is -0.128. The van der Waals surface area contributed by atoms with Gasteiger partial charge in [0, 0.05) is 0 Å². The van der Waals surface area contributed by atoms with Crippen molar-refractivity contribution in [2.45, 2.75) is 33.4 Å². The second-order valence-corrected chi connectivity index (χ2v) is 5.27. The number of benzene rings is 1. The smallest absolute Gasteiger partial charge is 0.346 e. The molecule has 6 heteroatoms. The van der Waals surface area contributed by atoms with E-state index in [1.165, 1.54) is 4.68 Å². The van der Waals surface area contributed by atoms with Crippen LogP contribution in [0.2, 0.25) is 5.02 Å². The highest BCUT2D eigenvalue weighted by molar-refractivity contribution is 6.32. The zero-order chi connectivity index (χ0) is 14.9. The average molecular weight is 296 g/mol. The zero-order valence-electron chi connectivity index (χ0n) is 12.1. The summed E-state index contributed by atoms with van der Waals surface area (Å²) < 4.78 is 8.27. The topological polar surface area (TPSA) is 49.0 Å². The van der Waals surface area contributed by atoms with E-state index in [9.17, 15) is 4.79 Å². The molecule has 1 aromatic heterocycles. The van der Waals surface area contributed by atoms with Crippen molar-refractivity contribution in [3.05, 3.63) is 45.1 Å². The van der Waals surface area contributed by atoms with Gasteiger partial charge >= 0.3 is 5.69 Å². The summed E-state index contributed by atoms with van der Waals surface area (Å²) in [5, 5.41) is 4.80. The Morgan fingerprint density at radius 2 is 2.10 bits per heavy atom. The molecule has 20 heavy (non-hydrogen) atoms. The number of methoxy groups -OCH3 is 1. The van der Waals surface area contributed by atoms with Gasteiger partial charge in [-0.1, -0.05) is 23.7 Å². The molecule has 0 aliphatic carbocycles. The van der Waals surface area contributed by atoms with Crippen LogP contribution in [-0.4, -0.2) is 21.5 Å². The van der Waals surface area contributed by atoms with Gasteiger partial charge in [-0.05, 0) is 32.4 Å². The molecule has 0 spiro atoms. The Labute approximate surface area is 122 Å². The number of ether oxygens (including phenoxy) is 1. The summed E-state index contributed by atoms with van der Waals surface area (Å²) in [5.41, 5.74) is 0.705. The highest BCUT2D eigenvalue weighted by atomic mass is 35.5. The molecule has 0 aliphatic rings. The lowest BCUT2D eigenvalue weighted by Crippen LogP contribution is -2.26. The van der Waals surface area contributed by atoms with Crippen molar-refractivity contribution >= 4 is 11.6 Å². The molecule has 2 rings (SSSR count). The molecule has 108 valence electrons. The fourth-order valence-corrected chi connectivity index (χ4v) is 2.30. The van der Waals surface area contributed by atoms with E-state index in [-0.39, 0.29) is 11.7 Å². The lowest BCUT2D eigenvalue weighted by atomic mass is 10.2. The SMILES string of the molecule is COc1cccc(Cn2c(C)nn(C(C)C)c2=O)c1Cl. The van der Waals surface area contributed by atoms with Crippen molar-refractivity contribution in [2.24, 2.45) is 0 Å². The van der Waals surface area contributed by atoms with Gasteiger partial charge in [0.05, 0.1) is 24.7 Å². The number of aromatic nitrogens is 3. The lowest BCUT2D eigenvalue weighted by molar-refractivity contribution is 0.414. The number of rotatable bonds is 4. The highest BCUT2D eigenvalue weighted by Gasteiger charge is 2.14. The number of hydrogen-bond donors (Lipinski definition) is 0. The third kappa shape index (κ3) is 2.58. The van der Waals surface area contributed by atoms with Gasteiger partial charge in [0.15, 0.2) is 0 Å². The minimum Gasteiger partial charge on any atom is -0.495 e. The molecule has 0 atom stereocenters. The molecule has 0 N–H and O–H groups in total. The van der Waals surface area contributed by atoms with Gasteiger partial charge in [-0.15, -0.1) is 0 Å². The monoisotopic (exact) mass is 295 g/mol. The van der Waals surface area contributed by atoms with Crippen LogP contribution in [0.25, 0.3) is 0 Å². The fourth-order valence-electron chi connectivity index (χ4n) is 2.04. The van der Waals surface area contributed by atoms with E-state index in [1.807, 2.05) is 32.9 Å². The summed E-state index contributed by atoms with van der Waals surface area (Å²) in [7, 11) is 1.57. The molecule has 0 unspecified atom stereocenters. The molecule has 0 saturated heterocycles. The van der Waals surface area contributed by atoms with E-state index < -0.39 is 0 Å². The van der Waals surface area contributed by atoms with Crippen LogP contribution in [0.5, 0.6) is 5.75 Å². The third-order valence-electron chi connectivity index (χ3n) is 3.15.